The molecule has 5 rings (SSSR count). The Morgan fingerprint density at radius 1 is 1.07 bits per heavy atom. The molecule has 2 aromatic carbocycles. The second kappa shape index (κ2) is 7.16. The van der Waals surface area contributed by atoms with Crippen LogP contribution in [0.15, 0.2) is 59.3 Å². The fraction of sp³-hybridized carbons (Fsp3) is 0.238. The molecule has 0 unspecified atom stereocenters. The summed E-state index contributed by atoms with van der Waals surface area (Å²) >= 11 is 1.78. The van der Waals surface area contributed by atoms with E-state index in [1.807, 2.05) is 35.2 Å². The van der Waals surface area contributed by atoms with E-state index in [-0.39, 0.29) is 5.91 Å². The molecule has 1 fully saturated rings. The van der Waals surface area contributed by atoms with E-state index in [1.54, 1.807) is 11.3 Å². The van der Waals surface area contributed by atoms with E-state index in [0.717, 1.165) is 37.0 Å². The van der Waals surface area contributed by atoms with E-state index in [1.165, 1.54) is 16.1 Å². The summed E-state index contributed by atoms with van der Waals surface area (Å²) in [4.78, 5) is 19.6. The van der Waals surface area contributed by atoms with Gasteiger partial charge < -0.3 is 9.32 Å². The van der Waals surface area contributed by atoms with Gasteiger partial charge >= 0.3 is 0 Å². The zero-order valence-corrected chi connectivity index (χ0v) is 15.9. The molecule has 0 bridgehead atoms. The van der Waals surface area contributed by atoms with Crippen molar-refractivity contribution in [2.45, 2.75) is 18.8 Å². The quantitative estimate of drug-likeness (QED) is 0.519. The van der Waals surface area contributed by atoms with Crippen LogP contribution in [-0.4, -0.2) is 39.1 Å². The molecule has 0 radical (unpaired) electrons. The number of benzene rings is 2. The summed E-state index contributed by atoms with van der Waals surface area (Å²) in [7, 11) is 0. The van der Waals surface area contributed by atoms with E-state index in [0.29, 0.717) is 17.4 Å². The first-order chi connectivity index (χ1) is 13.8. The summed E-state index contributed by atoms with van der Waals surface area (Å²) in [6, 6.07) is 15.6. The van der Waals surface area contributed by atoms with E-state index in [4.69, 9.17) is 9.40 Å². The molecule has 0 spiro atoms. The van der Waals surface area contributed by atoms with Crippen molar-refractivity contribution in [1.29, 1.82) is 0 Å². The van der Waals surface area contributed by atoms with Crippen LogP contribution in [0.1, 0.15) is 34.1 Å². The number of rotatable bonds is 3. The van der Waals surface area contributed by atoms with Gasteiger partial charge in [0, 0.05) is 30.1 Å². The number of piperidine rings is 1. The van der Waals surface area contributed by atoms with Crippen LogP contribution in [0.5, 0.6) is 0 Å². The third-order valence-corrected chi connectivity index (χ3v) is 6.38. The number of nitrogens with zero attached hydrogens (tertiary/aromatic N) is 4. The molecule has 0 saturated carbocycles. The Morgan fingerprint density at radius 3 is 2.57 bits per heavy atom. The molecule has 0 atom stereocenters. The minimum atomic E-state index is 0.0693. The van der Waals surface area contributed by atoms with Crippen LogP contribution in [0, 0.1) is 0 Å². The highest BCUT2D eigenvalue weighted by molar-refractivity contribution is 7.18. The van der Waals surface area contributed by atoms with Crippen molar-refractivity contribution in [3.05, 3.63) is 65.5 Å². The predicted octanol–water partition coefficient (Wildman–Crippen LogP) is 4.37. The number of thiazole rings is 1. The maximum atomic E-state index is 12.8. The molecule has 3 heterocycles. The second-order valence-corrected chi connectivity index (χ2v) is 7.97. The zero-order valence-electron chi connectivity index (χ0n) is 15.1. The molecular weight excluding hydrogens is 372 g/mol. The first kappa shape index (κ1) is 17.1. The van der Waals surface area contributed by atoms with Crippen molar-refractivity contribution in [3.8, 4) is 11.5 Å². The Hall–Kier alpha value is -3.06. The average Bonchev–Trinajstić information content (AvgIpc) is 3.43. The highest BCUT2D eigenvalue weighted by Gasteiger charge is 2.26. The van der Waals surface area contributed by atoms with Crippen molar-refractivity contribution >= 4 is 27.5 Å². The van der Waals surface area contributed by atoms with Crippen molar-refractivity contribution in [2.75, 3.05) is 13.1 Å². The van der Waals surface area contributed by atoms with Crippen LogP contribution in [0.25, 0.3) is 21.7 Å². The lowest BCUT2D eigenvalue weighted by atomic mass is 9.97. The van der Waals surface area contributed by atoms with E-state index in [9.17, 15) is 4.79 Å². The number of fused-ring (bicyclic) bond motifs is 1. The minimum Gasteiger partial charge on any atom is -0.423 e. The largest absolute Gasteiger partial charge is 0.423 e. The molecule has 28 heavy (non-hydrogen) atoms. The molecule has 4 aromatic rings. The van der Waals surface area contributed by atoms with Gasteiger partial charge in [-0.25, -0.2) is 4.98 Å². The Morgan fingerprint density at radius 2 is 1.86 bits per heavy atom. The minimum absolute atomic E-state index is 0.0693. The van der Waals surface area contributed by atoms with Gasteiger partial charge in [0.15, 0.2) is 0 Å². The van der Waals surface area contributed by atoms with Crippen molar-refractivity contribution in [2.24, 2.45) is 0 Å². The fourth-order valence-corrected chi connectivity index (χ4v) is 4.77. The molecular formula is C21H18N4O2S. The SMILES string of the molecule is O=C(c1ccc(-c2nnco2)cc1)N1CCC(c2nc3ccccc3s2)CC1. The third-order valence-electron chi connectivity index (χ3n) is 5.18. The molecule has 0 N–H and O–H groups in total. The monoisotopic (exact) mass is 390 g/mol. The fourth-order valence-electron chi connectivity index (χ4n) is 3.63. The molecule has 6 nitrogen and oxygen atoms in total. The summed E-state index contributed by atoms with van der Waals surface area (Å²) in [5, 5.41) is 8.76. The molecule has 1 saturated heterocycles. The van der Waals surface area contributed by atoms with E-state index >= 15 is 0 Å². The van der Waals surface area contributed by atoms with Gasteiger partial charge in [-0.2, -0.15) is 0 Å². The predicted molar refractivity (Wildman–Crippen MR) is 107 cm³/mol. The lowest BCUT2D eigenvalue weighted by Crippen LogP contribution is -2.37. The van der Waals surface area contributed by atoms with Gasteiger partial charge in [-0.05, 0) is 49.2 Å². The standard InChI is InChI=1S/C21H18N4O2S/c26-21(16-7-5-14(6-8-16)19-24-22-13-27-19)25-11-9-15(10-12-25)20-23-17-3-1-2-4-18(17)28-20/h1-8,13,15H,9-12H2. The lowest BCUT2D eigenvalue weighted by Gasteiger charge is -2.31. The zero-order chi connectivity index (χ0) is 18.9. The molecule has 140 valence electrons. The number of hydrogen-bond acceptors (Lipinski definition) is 6. The highest BCUT2D eigenvalue weighted by atomic mass is 32.1. The number of hydrogen-bond donors (Lipinski definition) is 0. The van der Waals surface area contributed by atoms with Crippen LogP contribution < -0.4 is 0 Å². The smallest absolute Gasteiger partial charge is 0.253 e. The van der Waals surface area contributed by atoms with Crippen molar-refractivity contribution in [1.82, 2.24) is 20.1 Å². The first-order valence-corrected chi connectivity index (χ1v) is 10.1. The maximum absolute atomic E-state index is 12.8. The van der Waals surface area contributed by atoms with Gasteiger partial charge in [0.1, 0.15) is 0 Å². The number of carbonyl (C=O) groups is 1. The molecule has 1 amide bonds. The molecule has 0 aliphatic carbocycles. The lowest BCUT2D eigenvalue weighted by molar-refractivity contribution is 0.0713. The number of amides is 1. The topological polar surface area (TPSA) is 72.1 Å². The van der Waals surface area contributed by atoms with E-state index < -0.39 is 0 Å². The van der Waals surface area contributed by atoms with Crippen LogP contribution in [-0.2, 0) is 0 Å². The summed E-state index contributed by atoms with van der Waals surface area (Å²) in [6.07, 6.45) is 3.20. The number of para-hydroxylation sites is 1. The normalized spacial score (nSPS) is 15.2. The highest BCUT2D eigenvalue weighted by Crippen LogP contribution is 2.34. The number of carbonyl (C=O) groups excluding carboxylic acids is 1. The van der Waals surface area contributed by atoms with Gasteiger partial charge in [-0.3, -0.25) is 4.79 Å². The van der Waals surface area contributed by atoms with Crippen LogP contribution >= 0.6 is 11.3 Å². The van der Waals surface area contributed by atoms with Gasteiger partial charge in [0.05, 0.1) is 15.2 Å². The Labute approximate surface area is 165 Å². The van der Waals surface area contributed by atoms with E-state index in [2.05, 4.69) is 28.4 Å². The van der Waals surface area contributed by atoms with Crippen molar-refractivity contribution < 1.29 is 9.21 Å². The Balaban J connectivity index is 1.25. The molecule has 1 aliphatic rings. The van der Waals surface area contributed by atoms with Gasteiger partial charge in [0.2, 0.25) is 12.3 Å². The summed E-state index contributed by atoms with van der Waals surface area (Å²) in [5.74, 6) is 0.955. The molecule has 2 aromatic heterocycles. The molecule has 7 heteroatoms. The third kappa shape index (κ3) is 3.18. The summed E-state index contributed by atoms with van der Waals surface area (Å²) in [6.45, 7) is 1.51. The van der Waals surface area contributed by atoms with Crippen LogP contribution in [0.2, 0.25) is 0 Å². The maximum Gasteiger partial charge on any atom is 0.253 e. The van der Waals surface area contributed by atoms with Gasteiger partial charge in [-0.15, -0.1) is 21.5 Å². The Bertz CT molecular complexity index is 1060. The van der Waals surface area contributed by atoms with Crippen LogP contribution in [0.4, 0.5) is 0 Å². The molecule has 1 aliphatic heterocycles. The number of aromatic nitrogens is 3. The first-order valence-electron chi connectivity index (χ1n) is 9.29. The number of likely N-dealkylation sites (tertiary alicyclic amines) is 1. The summed E-state index contributed by atoms with van der Waals surface area (Å²) < 4.78 is 6.42. The van der Waals surface area contributed by atoms with Gasteiger partial charge in [-0.1, -0.05) is 12.1 Å². The van der Waals surface area contributed by atoms with Crippen LogP contribution in [0.3, 0.4) is 0 Å². The average molecular weight is 390 g/mol. The van der Waals surface area contributed by atoms with Gasteiger partial charge in [0.25, 0.3) is 5.91 Å². The second-order valence-electron chi connectivity index (χ2n) is 6.91. The van der Waals surface area contributed by atoms with Crippen molar-refractivity contribution in [3.63, 3.8) is 0 Å². The summed E-state index contributed by atoms with van der Waals surface area (Å²) in [5.41, 5.74) is 2.56. The Kier molecular flexibility index (Phi) is 4.37.